The molecule has 7 nitrogen and oxygen atoms in total. The number of aliphatic carboxylic acids is 1. The SMILES string of the molecule is CC(C)CN1CC(C(=O)NCC[C@H](O)C(=O)O)CC1=O. The van der Waals surface area contributed by atoms with E-state index in [9.17, 15) is 14.4 Å². The molecule has 20 heavy (non-hydrogen) atoms. The Balaban J connectivity index is 2.34. The maximum Gasteiger partial charge on any atom is 0.332 e. The number of aliphatic hydroxyl groups excluding tert-OH is 1. The van der Waals surface area contributed by atoms with Crippen LogP contribution in [0, 0.1) is 11.8 Å². The van der Waals surface area contributed by atoms with E-state index in [4.69, 9.17) is 10.2 Å². The van der Waals surface area contributed by atoms with Crippen molar-refractivity contribution in [2.75, 3.05) is 19.6 Å². The Kier molecular flexibility index (Phi) is 5.94. The Hall–Kier alpha value is -1.63. The number of amides is 2. The second-order valence-electron chi connectivity index (χ2n) is 5.53. The molecule has 0 aromatic heterocycles. The number of carbonyl (C=O) groups is 3. The molecule has 0 aromatic carbocycles. The molecule has 1 heterocycles. The minimum Gasteiger partial charge on any atom is -0.479 e. The molecule has 1 fully saturated rings. The lowest BCUT2D eigenvalue weighted by Gasteiger charge is -2.18. The molecule has 0 bridgehead atoms. The maximum absolute atomic E-state index is 11.9. The number of rotatable bonds is 7. The van der Waals surface area contributed by atoms with Crippen LogP contribution in [0.2, 0.25) is 0 Å². The summed E-state index contributed by atoms with van der Waals surface area (Å²) < 4.78 is 0. The van der Waals surface area contributed by atoms with Gasteiger partial charge in [-0.1, -0.05) is 13.8 Å². The second kappa shape index (κ2) is 7.23. The molecule has 1 aliphatic heterocycles. The van der Waals surface area contributed by atoms with Crippen molar-refractivity contribution in [3.63, 3.8) is 0 Å². The van der Waals surface area contributed by atoms with E-state index in [0.717, 1.165) is 0 Å². The molecule has 3 N–H and O–H groups in total. The summed E-state index contributed by atoms with van der Waals surface area (Å²) in [6, 6.07) is 0. The summed E-state index contributed by atoms with van der Waals surface area (Å²) in [6.45, 7) is 5.15. The average molecular weight is 286 g/mol. The van der Waals surface area contributed by atoms with Crippen LogP contribution < -0.4 is 5.32 Å². The molecule has 2 amide bonds. The molecule has 114 valence electrons. The van der Waals surface area contributed by atoms with E-state index in [1.165, 1.54) is 0 Å². The van der Waals surface area contributed by atoms with Crippen LogP contribution in [0.3, 0.4) is 0 Å². The Labute approximate surface area is 117 Å². The highest BCUT2D eigenvalue weighted by atomic mass is 16.4. The highest BCUT2D eigenvalue weighted by Gasteiger charge is 2.34. The van der Waals surface area contributed by atoms with Gasteiger partial charge in [0.15, 0.2) is 6.10 Å². The normalized spacial score (nSPS) is 20.3. The molecule has 7 heteroatoms. The first-order chi connectivity index (χ1) is 9.31. The van der Waals surface area contributed by atoms with Gasteiger partial charge < -0.3 is 20.4 Å². The number of hydrogen-bond acceptors (Lipinski definition) is 4. The summed E-state index contributed by atoms with van der Waals surface area (Å²) in [6.07, 6.45) is -1.32. The van der Waals surface area contributed by atoms with Gasteiger partial charge in [-0.05, 0) is 5.92 Å². The van der Waals surface area contributed by atoms with E-state index in [-0.39, 0.29) is 37.1 Å². The van der Waals surface area contributed by atoms with Crippen molar-refractivity contribution in [2.45, 2.75) is 32.8 Å². The minimum atomic E-state index is -1.47. The zero-order valence-electron chi connectivity index (χ0n) is 11.8. The first-order valence-corrected chi connectivity index (χ1v) is 6.77. The standard InChI is InChI=1S/C13H22N2O5/c1-8(2)6-15-7-9(5-11(15)17)12(18)14-4-3-10(16)13(19)20/h8-10,16H,3-7H2,1-2H3,(H,14,18)(H,19,20)/t9?,10-/m0/s1. The Morgan fingerprint density at radius 1 is 1.45 bits per heavy atom. The molecule has 0 aromatic rings. The van der Waals surface area contributed by atoms with E-state index < -0.39 is 12.1 Å². The van der Waals surface area contributed by atoms with Crippen molar-refractivity contribution in [3.8, 4) is 0 Å². The fraction of sp³-hybridized carbons (Fsp3) is 0.769. The highest BCUT2D eigenvalue weighted by molar-refractivity contribution is 5.89. The zero-order chi connectivity index (χ0) is 15.3. The van der Waals surface area contributed by atoms with Crippen molar-refractivity contribution in [2.24, 2.45) is 11.8 Å². The van der Waals surface area contributed by atoms with E-state index in [1.807, 2.05) is 13.8 Å². The van der Waals surface area contributed by atoms with Gasteiger partial charge in [-0.2, -0.15) is 0 Å². The monoisotopic (exact) mass is 286 g/mol. The van der Waals surface area contributed by atoms with Gasteiger partial charge in [0.1, 0.15) is 0 Å². The lowest BCUT2D eigenvalue weighted by Crippen LogP contribution is -2.36. The van der Waals surface area contributed by atoms with Gasteiger partial charge in [0.25, 0.3) is 0 Å². The third-order valence-corrected chi connectivity index (χ3v) is 3.17. The number of carboxylic acid groups (broad SMARTS) is 1. The molecule has 1 rings (SSSR count). The van der Waals surface area contributed by atoms with Crippen LogP contribution in [0.25, 0.3) is 0 Å². The summed E-state index contributed by atoms with van der Waals surface area (Å²) in [5, 5.41) is 20.1. The van der Waals surface area contributed by atoms with Crippen LogP contribution in [-0.2, 0) is 14.4 Å². The fourth-order valence-corrected chi connectivity index (χ4v) is 2.16. The number of nitrogens with one attached hydrogen (secondary N) is 1. The largest absolute Gasteiger partial charge is 0.479 e. The number of carbonyl (C=O) groups excluding carboxylic acids is 2. The Morgan fingerprint density at radius 3 is 2.65 bits per heavy atom. The van der Waals surface area contributed by atoms with E-state index in [0.29, 0.717) is 19.0 Å². The van der Waals surface area contributed by atoms with E-state index in [1.54, 1.807) is 4.90 Å². The van der Waals surface area contributed by atoms with Crippen LogP contribution in [0.4, 0.5) is 0 Å². The third kappa shape index (κ3) is 4.80. The quantitative estimate of drug-likeness (QED) is 0.582. The molecule has 0 radical (unpaired) electrons. The summed E-state index contributed by atoms with van der Waals surface area (Å²) in [7, 11) is 0. The van der Waals surface area contributed by atoms with Crippen molar-refractivity contribution in [1.29, 1.82) is 0 Å². The zero-order valence-corrected chi connectivity index (χ0v) is 11.8. The molecule has 1 saturated heterocycles. The van der Waals surface area contributed by atoms with E-state index in [2.05, 4.69) is 5.32 Å². The minimum absolute atomic E-state index is 0.0237. The Morgan fingerprint density at radius 2 is 2.10 bits per heavy atom. The molecule has 2 atom stereocenters. The predicted octanol–water partition coefficient (Wildman–Crippen LogP) is -0.557. The van der Waals surface area contributed by atoms with Crippen molar-refractivity contribution >= 4 is 17.8 Å². The summed E-state index contributed by atoms with van der Waals surface area (Å²) in [5.74, 6) is -1.63. The first kappa shape index (κ1) is 16.4. The number of carboxylic acids is 1. The lowest BCUT2D eigenvalue weighted by atomic mass is 10.1. The maximum atomic E-state index is 11.9. The van der Waals surface area contributed by atoms with Gasteiger partial charge >= 0.3 is 5.97 Å². The molecule has 0 spiro atoms. The van der Waals surface area contributed by atoms with Gasteiger partial charge in [0.05, 0.1) is 5.92 Å². The van der Waals surface area contributed by atoms with Crippen molar-refractivity contribution < 1.29 is 24.6 Å². The van der Waals surface area contributed by atoms with Crippen molar-refractivity contribution in [3.05, 3.63) is 0 Å². The van der Waals surface area contributed by atoms with Gasteiger partial charge in [-0.3, -0.25) is 9.59 Å². The number of hydrogen-bond donors (Lipinski definition) is 3. The smallest absolute Gasteiger partial charge is 0.332 e. The second-order valence-corrected chi connectivity index (χ2v) is 5.53. The Bertz CT molecular complexity index is 383. The molecule has 0 saturated carbocycles. The molecule has 0 aliphatic carbocycles. The first-order valence-electron chi connectivity index (χ1n) is 6.77. The summed E-state index contributed by atoms with van der Waals surface area (Å²) in [5.41, 5.74) is 0. The van der Waals surface area contributed by atoms with Crippen LogP contribution in [0.1, 0.15) is 26.7 Å². The van der Waals surface area contributed by atoms with Crippen LogP contribution in [-0.4, -0.2) is 58.6 Å². The molecular weight excluding hydrogens is 264 g/mol. The molecule has 1 unspecified atom stereocenters. The van der Waals surface area contributed by atoms with E-state index >= 15 is 0 Å². The number of nitrogens with zero attached hydrogens (tertiary/aromatic N) is 1. The lowest BCUT2D eigenvalue weighted by molar-refractivity contribution is -0.147. The topological polar surface area (TPSA) is 107 Å². The van der Waals surface area contributed by atoms with Gasteiger partial charge in [0, 0.05) is 32.5 Å². The van der Waals surface area contributed by atoms with Gasteiger partial charge in [-0.15, -0.1) is 0 Å². The fourth-order valence-electron chi connectivity index (χ4n) is 2.16. The third-order valence-electron chi connectivity index (χ3n) is 3.17. The summed E-state index contributed by atoms with van der Waals surface area (Å²) >= 11 is 0. The summed E-state index contributed by atoms with van der Waals surface area (Å²) in [4.78, 5) is 35.7. The predicted molar refractivity (Wildman–Crippen MR) is 70.8 cm³/mol. The van der Waals surface area contributed by atoms with Gasteiger partial charge in [0.2, 0.25) is 11.8 Å². The van der Waals surface area contributed by atoms with Crippen LogP contribution >= 0.6 is 0 Å². The van der Waals surface area contributed by atoms with Gasteiger partial charge in [-0.25, -0.2) is 4.79 Å². The molecule has 1 aliphatic rings. The van der Waals surface area contributed by atoms with Crippen molar-refractivity contribution in [1.82, 2.24) is 10.2 Å². The van der Waals surface area contributed by atoms with Crippen LogP contribution in [0.15, 0.2) is 0 Å². The average Bonchev–Trinajstić information content (AvgIpc) is 2.69. The number of likely N-dealkylation sites (tertiary alicyclic amines) is 1. The number of aliphatic hydroxyl groups is 1. The highest BCUT2D eigenvalue weighted by Crippen LogP contribution is 2.19. The van der Waals surface area contributed by atoms with Crippen LogP contribution in [0.5, 0.6) is 0 Å². The molecular formula is C13H22N2O5.